The standard InChI is InChI=1S/C12H16ClN3O/c1-12(17)6-9(7-12)16-4-2-3-8-5-10(13)14-15-11(8)16/h5,9,17H,2-4,6-7H2,1H3. The molecule has 2 aliphatic rings. The molecule has 0 amide bonds. The Morgan fingerprint density at radius 1 is 1.47 bits per heavy atom. The highest BCUT2D eigenvalue weighted by Gasteiger charge is 2.43. The van der Waals surface area contributed by atoms with E-state index in [4.69, 9.17) is 11.6 Å². The van der Waals surface area contributed by atoms with Crippen molar-refractivity contribution < 1.29 is 5.11 Å². The van der Waals surface area contributed by atoms with Crippen LogP contribution in [0.1, 0.15) is 31.7 Å². The monoisotopic (exact) mass is 253 g/mol. The maximum Gasteiger partial charge on any atom is 0.154 e. The van der Waals surface area contributed by atoms with Gasteiger partial charge >= 0.3 is 0 Å². The largest absolute Gasteiger partial charge is 0.390 e. The second-order valence-corrected chi connectivity index (χ2v) is 5.76. The molecule has 17 heavy (non-hydrogen) atoms. The maximum absolute atomic E-state index is 9.82. The fourth-order valence-corrected chi connectivity index (χ4v) is 3.07. The van der Waals surface area contributed by atoms with Gasteiger partial charge in [0.1, 0.15) is 0 Å². The molecule has 1 aliphatic carbocycles. The predicted octanol–water partition coefficient (Wildman–Crippen LogP) is 1.80. The van der Waals surface area contributed by atoms with Gasteiger partial charge in [-0.3, -0.25) is 0 Å². The summed E-state index contributed by atoms with van der Waals surface area (Å²) in [6.07, 6.45) is 3.77. The number of anilines is 1. The summed E-state index contributed by atoms with van der Waals surface area (Å²) in [6.45, 7) is 2.89. The highest BCUT2D eigenvalue weighted by Crippen LogP contribution is 2.39. The normalized spacial score (nSPS) is 31.9. The van der Waals surface area contributed by atoms with Gasteiger partial charge in [-0.2, -0.15) is 0 Å². The third-order valence-corrected chi connectivity index (χ3v) is 3.91. The summed E-state index contributed by atoms with van der Waals surface area (Å²) >= 11 is 5.86. The SMILES string of the molecule is CC1(O)CC(N2CCCc3cc(Cl)nnc32)C1. The van der Waals surface area contributed by atoms with Crippen LogP contribution in [-0.4, -0.2) is 33.5 Å². The Morgan fingerprint density at radius 2 is 2.24 bits per heavy atom. The van der Waals surface area contributed by atoms with Crippen LogP contribution in [0.2, 0.25) is 5.15 Å². The maximum atomic E-state index is 9.82. The van der Waals surface area contributed by atoms with Crippen molar-refractivity contribution in [3.8, 4) is 0 Å². The Hall–Kier alpha value is -0.870. The summed E-state index contributed by atoms with van der Waals surface area (Å²) in [4.78, 5) is 2.28. The second-order valence-electron chi connectivity index (χ2n) is 5.37. The van der Waals surface area contributed by atoms with Gasteiger partial charge in [0.25, 0.3) is 0 Å². The molecule has 5 heteroatoms. The lowest BCUT2D eigenvalue weighted by atomic mass is 9.76. The van der Waals surface area contributed by atoms with E-state index in [1.54, 1.807) is 0 Å². The van der Waals surface area contributed by atoms with Gasteiger partial charge < -0.3 is 10.0 Å². The zero-order chi connectivity index (χ0) is 12.0. The molecule has 1 aromatic heterocycles. The van der Waals surface area contributed by atoms with Crippen LogP contribution in [0.4, 0.5) is 5.82 Å². The highest BCUT2D eigenvalue weighted by atomic mass is 35.5. The van der Waals surface area contributed by atoms with E-state index in [9.17, 15) is 5.11 Å². The van der Waals surface area contributed by atoms with Gasteiger partial charge in [0.2, 0.25) is 0 Å². The minimum Gasteiger partial charge on any atom is -0.390 e. The van der Waals surface area contributed by atoms with Crippen LogP contribution in [0.25, 0.3) is 0 Å². The van der Waals surface area contributed by atoms with Crippen molar-refractivity contribution in [2.45, 2.75) is 44.2 Å². The minimum absolute atomic E-state index is 0.402. The van der Waals surface area contributed by atoms with Crippen molar-refractivity contribution in [2.75, 3.05) is 11.4 Å². The van der Waals surface area contributed by atoms with Crippen molar-refractivity contribution in [1.82, 2.24) is 10.2 Å². The van der Waals surface area contributed by atoms with Crippen molar-refractivity contribution in [2.24, 2.45) is 0 Å². The van der Waals surface area contributed by atoms with Crippen molar-refractivity contribution >= 4 is 17.4 Å². The van der Waals surface area contributed by atoms with Gasteiger partial charge in [0.05, 0.1) is 5.60 Å². The van der Waals surface area contributed by atoms with Gasteiger partial charge in [-0.15, -0.1) is 10.2 Å². The molecule has 92 valence electrons. The zero-order valence-corrected chi connectivity index (χ0v) is 10.6. The summed E-state index contributed by atoms with van der Waals surface area (Å²) in [5.74, 6) is 0.959. The molecule has 1 aromatic rings. The summed E-state index contributed by atoms with van der Waals surface area (Å²) in [5.41, 5.74) is 0.685. The zero-order valence-electron chi connectivity index (χ0n) is 9.86. The molecule has 1 aliphatic heterocycles. The quantitative estimate of drug-likeness (QED) is 0.829. The molecular weight excluding hydrogens is 238 g/mol. The van der Waals surface area contributed by atoms with Gasteiger partial charge in [-0.1, -0.05) is 11.6 Å². The molecular formula is C12H16ClN3O. The first-order chi connectivity index (χ1) is 8.05. The Kier molecular flexibility index (Phi) is 2.52. The molecule has 0 radical (unpaired) electrons. The first kappa shape index (κ1) is 11.2. The second kappa shape index (κ2) is 3.82. The third kappa shape index (κ3) is 2.00. The third-order valence-electron chi connectivity index (χ3n) is 3.73. The number of halogens is 1. The van der Waals surface area contributed by atoms with E-state index in [0.717, 1.165) is 38.0 Å². The summed E-state index contributed by atoms with van der Waals surface area (Å²) in [7, 11) is 0. The number of nitrogens with zero attached hydrogens (tertiary/aromatic N) is 3. The van der Waals surface area contributed by atoms with Crippen LogP contribution in [0.5, 0.6) is 0 Å². The lowest BCUT2D eigenvalue weighted by molar-refractivity contribution is -0.0314. The van der Waals surface area contributed by atoms with Gasteiger partial charge in [-0.05, 0) is 44.2 Å². The van der Waals surface area contributed by atoms with E-state index in [0.29, 0.717) is 11.2 Å². The van der Waals surface area contributed by atoms with E-state index < -0.39 is 5.60 Å². The van der Waals surface area contributed by atoms with Crippen LogP contribution in [0.15, 0.2) is 6.07 Å². The number of rotatable bonds is 1. The lowest BCUT2D eigenvalue weighted by Gasteiger charge is -2.48. The molecule has 1 fully saturated rings. The molecule has 0 saturated heterocycles. The number of aromatic nitrogens is 2. The van der Waals surface area contributed by atoms with Crippen LogP contribution < -0.4 is 4.90 Å². The molecule has 0 bridgehead atoms. The molecule has 3 rings (SSSR count). The number of hydrogen-bond donors (Lipinski definition) is 1. The van der Waals surface area contributed by atoms with Gasteiger partial charge in [-0.25, -0.2) is 0 Å². The van der Waals surface area contributed by atoms with Crippen molar-refractivity contribution in [3.05, 3.63) is 16.8 Å². The number of hydrogen-bond acceptors (Lipinski definition) is 4. The van der Waals surface area contributed by atoms with E-state index in [1.165, 1.54) is 5.56 Å². The average Bonchev–Trinajstić information content (AvgIpc) is 2.24. The minimum atomic E-state index is -0.498. The van der Waals surface area contributed by atoms with Crippen LogP contribution >= 0.6 is 11.6 Å². The summed E-state index contributed by atoms with van der Waals surface area (Å²) in [6, 6.07) is 2.31. The number of aliphatic hydroxyl groups is 1. The Labute approximate surface area is 106 Å². The topological polar surface area (TPSA) is 49.2 Å². The molecule has 4 nitrogen and oxygen atoms in total. The number of fused-ring (bicyclic) bond motifs is 1. The van der Waals surface area contributed by atoms with Gasteiger partial charge in [0.15, 0.2) is 11.0 Å². The molecule has 0 spiro atoms. The molecule has 0 atom stereocenters. The van der Waals surface area contributed by atoms with E-state index in [2.05, 4.69) is 15.1 Å². The van der Waals surface area contributed by atoms with Crippen LogP contribution in [0.3, 0.4) is 0 Å². The fourth-order valence-electron chi connectivity index (χ4n) is 2.90. The Balaban J connectivity index is 1.85. The first-order valence-electron chi connectivity index (χ1n) is 6.06. The molecule has 1 N–H and O–H groups in total. The Bertz CT molecular complexity index is 441. The lowest BCUT2D eigenvalue weighted by Crippen LogP contribution is -2.55. The molecule has 0 unspecified atom stereocenters. The van der Waals surface area contributed by atoms with E-state index in [1.807, 2.05) is 13.0 Å². The Morgan fingerprint density at radius 3 is 2.94 bits per heavy atom. The average molecular weight is 254 g/mol. The molecule has 1 saturated carbocycles. The first-order valence-corrected chi connectivity index (χ1v) is 6.44. The summed E-state index contributed by atoms with van der Waals surface area (Å²) in [5, 5.41) is 18.4. The van der Waals surface area contributed by atoms with E-state index >= 15 is 0 Å². The van der Waals surface area contributed by atoms with Crippen molar-refractivity contribution in [1.29, 1.82) is 0 Å². The van der Waals surface area contributed by atoms with Crippen LogP contribution in [0, 0.1) is 0 Å². The molecule has 0 aromatic carbocycles. The highest BCUT2D eigenvalue weighted by molar-refractivity contribution is 6.29. The van der Waals surface area contributed by atoms with Gasteiger partial charge in [0, 0.05) is 12.6 Å². The fraction of sp³-hybridized carbons (Fsp3) is 0.667. The van der Waals surface area contributed by atoms with Crippen LogP contribution in [-0.2, 0) is 6.42 Å². The molecule has 2 heterocycles. The number of aryl methyl sites for hydroxylation is 1. The predicted molar refractivity (Wildman–Crippen MR) is 66.4 cm³/mol. The van der Waals surface area contributed by atoms with Crippen molar-refractivity contribution in [3.63, 3.8) is 0 Å². The smallest absolute Gasteiger partial charge is 0.154 e. The summed E-state index contributed by atoms with van der Waals surface area (Å²) < 4.78 is 0. The van der Waals surface area contributed by atoms with E-state index in [-0.39, 0.29) is 0 Å².